The summed E-state index contributed by atoms with van der Waals surface area (Å²) in [6.45, 7) is 4.83. The molecule has 73 heavy (non-hydrogen) atoms. The summed E-state index contributed by atoms with van der Waals surface area (Å²) >= 11 is 0. The van der Waals surface area contributed by atoms with Gasteiger partial charge in [0.05, 0.1) is 39.9 Å². The van der Waals surface area contributed by atoms with Crippen molar-refractivity contribution in [1.82, 2.24) is 5.32 Å². The molecule has 0 spiro atoms. The van der Waals surface area contributed by atoms with Crippen molar-refractivity contribution in [1.29, 1.82) is 0 Å². The fourth-order valence-corrected chi connectivity index (χ4v) is 10.3. The number of phosphoric ester groups is 1. The molecular weight excluding hydrogens is 924 g/mol. The van der Waals surface area contributed by atoms with Gasteiger partial charge in [0, 0.05) is 6.42 Å². The van der Waals surface area contributed by atoms with E-state index in [1.54, 1.807) is 6.08 Å². The normalized spacial score (nSPS) is 14.0. The van der Waals surface area contributed by atoms with Crippen LogP contribution >= 0.6 is 7.82 Å². The number of aliphatic hydroxyl groups is 1. The predicted octanol–water partition coefficient (Wildman–Crippen LogP) is 19.7. The van der Waals surface area contributed by atoms with Crippen LogP contribution in [0.15, 0.2) is 36.5 Å². The van der Waals surface area contributed by atoms with Gasteiger partial charge in [-0.2, -0.15) is 0 Å². The minimum absolute atomic E-state index is 0.0552. The molecule has 0 heterocycles. The summed E-state index contributed by atoms with van der Waals surface area (Å²) in [4.78, 5) is 23.3. The van der Waals surface area contributed by atoms with Crippen molar-refractivity contribution in [2.45, 2.75) is 328 Å². The highest BCUT2D eigenvalue weighted by molar-refractivity contribution is 7.47. The number of nitrogens with zero attached hydrogens (tertiary/aromatic N) is 1. The Morgan fingerprint density at radius 1 is 0.452 bits per heavy atom. The molecule has 0 radical (unpaired) electrons. The van der Waals surface area contributed by atoms with Crippen LogP contribution in [-0.2, 0) is 18.4 Å². The zero-order valence-electron chi connectivity index (χ0n) is 49.4. The molecular formula is C64H126N2O6P+. The molecule has 1 amide bonds. The molecule has 0 aromatic carbocycles. The number of hydrogen-bond donors (Lipinski definition) is 3. The van der Waals surface area contributed by atoms with Crippen molar-refractivity contribution in [3.05, 3.63) is 36.5 Å². The summed E-state index contributed by atoms with van der Waals surface area (Å²) in [6, 6.07) is -0.868. The molecule has 8 nitrogen and oxygen atoms in total. The summed E-state index contributed by atoms with van der Waals surface area (Å²) in [6.07, 6.45) is 72.8. The van der Waals surface area contributed by atoms with Crippen molar-refractivity contribution in [2.75, 3.05) is 40.9 Å². The van der Waals surface area contributed by atoms with E-state index in [2.05, 4.69) is 43.5 Å². The lowest BCUT2D eigenvalue weighted by molar-refractivity contribution is -0.870. The Morgan fingerprint density at radius 2 is 0.753 bits per heavy atom. The number of nitrogens with one attached hydrogen (secondary N) is 1. The highest BCUT2D eigenvalue weighted by Gasteiger charge is 2.27. The monoisotopic (exact) mass is 1050 g/mol. The molecule has 0 aromatic heterocycles. The highest BCUT2D eigenvalue weighted by Crippen LogP contribution is 2.43. The topological polar surface area (TPSA) is 105 Å². The number of quaternary nitrogens is 1. The summed E-state index contributed by atoms with van der Waals surface area (Å²) in [5, 5.41) is 13.9. The van der Waals surface area contributed by atoms with E-state index < -0.39 is 20.0 Å². The van der Waals surface area contributed by atoms with Crippen LogP contribution in [0.4, 0.5) is 0 Å². The first-order valence-electron chi connectivity index (χ1n) is 31.9. The molecule has 0 aliphatic carbocycles. The maximum Gasteiger partial charge on any atom is 0.472 e. The smallest absolute Gasteiger partial charge is 0.387 e. The Hall–Kier alpha value is -1.28. The second-order valence-electron chi connectivity index (χ2n) is 23.1. The molecule has 0 aliphatic rings. The Bertz CT molecular complexity index is 1280. The quantitative estimate of drug-likeness (QED) is 0.0243. The Labute approximate surface area is 455 Å². The zero-order chi connectivity index (χ0) is 53.5. The summed E-state index contributed by atoms with van der Waals surface area (Å²) < 4.78 is 23.7. The number of amides is 1. The van der Waals surface area contributed by atoms with Gasteiger partial charge in [-0.1, -0.05) is 301 Å². The third kappa shape index (κ3) is 58.2. The van der Waals surface area contributed by atoms with E-state index in [9.17, 15) is 19.4 Å². The van der Waals surface area contributed by atoms with Gasteiger partial charge >= 0.3 is 7.82 Å². The van der Waals surface area contributed by atoms with Crippen molar-refractivity contribution >= 4 is 13.7 Å². The first-order valence-corrected chi connectivity index (χ1v) is 33.4. The highest BCUT2D eigenvalue weighted by atomic mass is 31.2. The molecule has 0 saturated heterocycles. The molecule has 9 heteroatoms. The van der Waals surface area contributed by atoms with E-state index in [-0.39, 0.29) is 19.1 Å². The van der Waals surface area contributed by atoms with Crippen LogP contribution in [0.3, 0.4) is 0 Å². The van der Waals surface area contributed by atoms with Crippen LogP contribution in [0, 0.1) is 0 Å². The van der Waals surface area contributed by atoms with Gasteiger partial charge in [-0.25, -0.2) is 4.57 Å². The van der Waals surface area contributed by atoms with Gasteiger partial charge in [0.25, 0.3) is 0 Å². The van der Waals surface area contributed by atoms with Crippen LogP contribution in [0.5, 0.6) is 0 Å². The first kappa shape index (κ1) is 71.7. The van der Waals surface area contributed by atoms with Gasteiger partial charge in [0.15, 0.2) is 0 Å². The largest absolute Gasteiger partial charge is 0.472 e. The second-order valence-corrected chi connectivity index (χ2v) is 24.6. The van der Waals surface area contributed by atoms with E-state index >= 15 is 0 Å². The summed E-state index contributed by atoms with van der Waals surface area (Å²) in [7, 11) is 1.56. The van der Waals surface area contributed by atoms with E-state index in [4.69, 9.17) is 9.05 Å². The van der Waals surface area contributed by atoms with E-state index in [1.165, 1.54) is 250 Å². The van der Waals surface area contributed by atoms with Crippen molar-refractivity contribution in [3.8, 4) is 0 Å². The second kappa shape index (κ2) is 55.5. The number of carbonyl (C=O) groups excluding carboxylic acids is 1. The molecule has 3 atom stereocenters. The third-order valence-electron chi connectivity index (χ3n) is 14.6. The van der Waals surface area contributed by atoms with Gasteiger partial charge < -0.3 is 19.8 Å². The van der Waals surface area contributed by atoms with Crippen molar-refractivity contribution < 1.29 is 32.9 Å². The fourth-order valence-electron chi connectivity index (χ4n) is 9.61. The molecule has 3 N–H and O–H groups in total. The molecule has 3 unspecified atom stereocenters. The SMILES string of the molecule is CCCCCCCCCCCCC/C=C/CC/C=C/CC/C=C/C(O)C(COP(=O)(O)OCC[N+](C)(C)C)NC(=O)CCCCCCCCCCCCCCCCCCCCCCCCCCCCCCCC. The number of rotatable bonds is 59. The van der Waals surface area contributed by atoms with E-state index in [1.807, 2.05) is 27.2 Å². The average molecular weight is 1050 g/mol. The molecule has 0 fully saturated rings. The lowest BCUT2D eigenvalue weighted by Gasteiger charge is -2.25. The molecule has 0 aromatic rings. The standard InChI is InChI=1S/C64H125N2O6P/c1-6-8-10-12-14-16-18-20-22-24-26-28-29-30-31-32-33-34-35-36-38-40-42-44-46-48-50-52-54-56-58-64(68)65-62(61-72-73(69,70)71-60-59-66(3,4)5)63(67)57-55-53-51-49-47-45-43-41-39-37-27-25-23-21-19-17-15-13-11-9-7-2/h39,41,47,49,55,57,62-63,67H,6-38,40,42-46,48,50-54,56,58-61H2,1-5H3,(H-,65,68,69,70)/p+1/b41-39+,49-47+,57-55+. The number of allylic oxidation sites excluding steroid dienone is 5. The Morgan fingerprint density at radius 3 is 1.10 bits per heavy atom. The van der Waals surface area contributed by atoms with E-state index in [0.717, 1.165) is 44.9 Å². The van der Waals surface area contributed by atoms with Crippen molar-refractivity contribution in [3.63, 3.8) is 0 Å². The zero-order valence-corrected chi connectivity index (χ0v) is 50.3. The van der Waals surface area contributed by atoms with Crippen LogP contribution < -0.4 is 5.32 Å². The van der Waals surface area contributed by atoms with Gasteiger partial charge in [0.1, 0.15) is 13.2 Å². The van der Waals surface area contributed by atoms with Crippen molar-refractivity contribution in [2.24, 2.45) is 0 Å². The maximum atomic E-state index is 13.0. The summed E-state index contributed by atoms with van der Waals surface area (Å²) in [5.74, 6) is -0.184. The number of likely N-dealkylation sites (N-methyl/N-ethyl adjacent to an activating group) is 1. The lowest BCUT2D eigenvalue weighted by Crippen LogP contribution is -2.45. The number of carbonyl (C=O) groups is 1. The van der Waals surface area contributed by atoms with Crippen LogP contribution in [0.1, 0.15) is 316 Å². The molecule has 0 bridgehead atoms. The van der Waals surface area contributed by atoms with Gasteiger partial charge in [-0.3, -0.25) is 13.8 Å². The third-order valence-corrected chi connectivity index (χ3v) is 15.6. The number of phosphoric acid groups is 1. The number of aliphatic hydroxyl groups excluding tert-OH is 1. The minimum atomic E-state index is -4.36. The van der Waals surface area contributed by atoms with Gasteiger partial charge in [-0.15, -0.1) is 0 Å². The number of unbranched alkanes of at least 4 members (excludes halogenated alkanes) is 42. The van der Waals surface area contributed by atoms with Crippen LogP contribution in [-0.4, -0.2) is 73.4 Å². The summed E-state index contributed by atoms with van der Waals surface area (Å²) in [5.41, 5.74) is 0. The molecule has 0 aliphatic heterocycles. The lowest BCUT2D eigenvalue weighted by atomic mass is 10.0. The molecule has 0 rings (SSSR count). The minimum Gasteiger partial charge on any atom is -0.387 e. The number of hydrogen-bond acceptors (Lipinski definition) is 5. The Kier molecular flexibility index (Phi) is 54.5. The maximum absolute atomic E-state index is 13.0. The van der Waals surface area contributed by atoms with Gasteiger partial charge in [-0.05, 0) is 44.9 Å². The predicted molar refractivity (Wildman–Crippen MR) is 318 cm³/mol. The molecule has 0 saturated carbocycles. The average Bonchev–Trinajstić information content (AvgIpc) is 3.35. The Balaban J connectivity index is 4.12. The fraction of sp³-hybridized carbons (Fsp3) is 0.891. The molecule has 432 valence electrons. The van der Waals surface area contributed by atoms with Crippen LogP contribution in [0.2, 0.25) is 0 Å². The van der Waals surface area contributed by atoms with E-state index in [0.29, 0.717) is 17.4 Å². The van der Waals surface area contributed by atoms with Crippen LogP contribution in [0.25, 0.3) is 0 Å². The first-order chi connectivity index (χ1) is 35.5. The van der Waals surface area contributed by atoms with Gasteiger partial charge in [0.2, 0.25) is 5.91 Å².